The number of hydrogen-bond donors (Lipinski definition) is 2. The maximum atomic E-state index is 12.1. The lowest BCUT2D eigenvalue weighted by Gasteiger charge is -2.05. The lowest BCUT2D eigenvalue weighted by atomic mass is 10.2. The predicted molar refractivity (Wildman–Crippen MR) is 81.8 cm³/mol. The Morgan fingerprint density at radius 3 is 2.57 bits per heavy atom. The Bertz CT molecular complexity index is 872. The molecule has 1 amide bonds. The number of H-pyrrole nitrogens is 1. The summed E-state index contributed by atoms with van der Waals surface area (Å²) in [4.78, 5) is 30.6. The molecule has 0 spiro atoms. The van der Waals surface area contributed by atoms with Crippen LogP contribution in [0.1, 0.15) is 10.4 Å². The van der Waals surface area contributed by atoms with E-state index in [-0.39, 0.29) is 11.9 Å². The molecule has 2 N–H and O–H groups in total. The molecule has 1 heterocycles. The van der Waals surface area contributed by atoms with Crippen molar-refractivity contribution in [2.45, 2.75) is 0 Å². The Morgan fingerprint density at radius 2 is 1.81 bits per heavy atom. The molecule has 5 nitrogen and oxygen atoms in total. The first-order valence-electron chi connectivity index (χ1n) is 6.19. The number of hydrogen-bond acceptors (Lipinski definition) is 3. The molecule has 0 unspecified atom stereocenters. The van der Waals surface area contributed by atoms with E-state index in [1.54, 1.807) is 48.5 Å². The van der Waals surface area contributed by atoms with Gasteiger partial charge in [-0.1, -0.05) is 23.7 Å². The van der Waals surface area contributed by atoms with E-state index in [4.69, 9.17) is 11.6 Å². The second-order valence-corrected chi connectivity index (χ2v) is 4.83. The summed E-state index contributed by atoms with van der Waals surface area (Å²) in [6.45, 7) is 0. The van der Waals surface area contributed by atoms with Crippen LogP contribution in [0.4, 0.5) is 5.95 Å². The molecule has 0 bridgehead atoms. The Kier molecular flexibility index (Phi) is 3.41. The van der Waals surface area contributed by atoms with Gasteiger partial charge in [0.25, 0.3) is 11.5 Å². The molecule has 0 saturated carbocycles. The third-order valence-corrected chi connectivity index (χ3v) is 3.21. The molecule has 104 valence electrons. The van der Waals surface area contributed by atoms with Crippen molar-refractivity contribution in [3.63, 3.8) is 0 Å². The van der Waals surface area contributed by atoms with Crippen molar-refractivity contribution in [2.75, 3.05) is 5.32 Å². The summed E-state index contributed by atoms with van der Waals surface area (Å²) in [5.74, 6) is -0.260. The molecule has 0 aliphatic heterocycles. The van der Waals surface area contributed by atoms with E-state index >= 15 is 0 Å². The highest BCUT2D eigenvalue weighted by Crippen LogP contribution is 2.12. The summed E-state index contributed by atoms with van der Waals surface area (Å²) in [6.07, 6.45) is 0. The highest BCUT2D eigenvalue weighted by molar-refractivity contribution is 6.30. The molecule has 1 aromatic heterocycles. The molecule has 2 aromatic carbocycles. The van der Waals surface area contributed by atoms with Crippen molar-refractivity contribution in [2.24, 2.45) is 0 Å². The summed E-state index contributed by atoms with van der Waals surface area (Å²) in [6, 6.07) is 13.4. The third-order valence-electron chi connectivity index (χ3n) is 2.96. The van der Waals surface area contributed by atoms with Crippen molar-refractivity contribution in [3.8, 4) is 0 Å². The summed E-state index contributed by atoms with van der Waals surface area (Å²) in [5.41, 5.74) is 0.648. The van der Waals surface area contributed by atoms with Crippen molar-refractivity contribution < 1.29 is 4.79 Å². The fourth-order valence-electron chi connectivity index (χ4n) is 1.94. The second-order valence-electron chi connectivity index (χ2n) is 4.40. The molecule has 0 aliphatic carbocycles. The summed E-state index contributed by atoms with van der Waals surface area (Å²) in [7, 11) is 0. The molecule has 0 aliphatic rings. The van der Waals surface area contributed by atoms with Crippen LogP contribution >= 0.6 is 11.6 Å². The average molecular weight is 300 g/mol. The van der Waals surface area contributed by atoms with Crippen molar-refractivity contribution in [3.05, 3.63) is 69.5 Å². The molecule has 0 saturated heterocycles. The van der Waals surface area contributed by atoms with Gasteiger partial charge in [-0.25, -0.2) is 0 Å². The summed E-state index contributed by atoms with van der Waals surface area (Å²) < 4.78 is 0. The van der Waals surface area contributed by atoms with Crippen LogP contribution in [-0.2, 0) is 0 Å². The number of carbonyl (C=O) groups is 1. The summed E-state index contributed by atoms with van der Waals surface area (Å²) >= 11 is 5.77. The van der Waals surface area contributed by atoms with Gasteiger partial charge in [-0.15, -0.1) is 0 Å². The van der Waals surface area contributed by atoms with E-state index in [1.165, 1.54) is 0 Å². The van der Waals surface area contributed by atoms with Gasteiger partial charge in [0.15, 0.2) is 0 Å². The van der Waals surface area contributed by atoms with Gasteiger partial charge in [0.05, 0.1) is 10.9 Å². The van der Waals surface area contributed by atoms with E-state index in [2.05, 4.69) is 15.3 Å². The highest BCUT2D eigenvalue weighted by atomic mass is 35.5. The minimum Gasteiger partial charge on any atom is -0.325 e. The van der Waals surface area contributed by atoms with Crippen molar-refractivity contribution in [1.29, 1.82) is 0 Å². The number of halogens is 1. The molecule has 0 radical (unpaired) electrons. The second kappa shape index (κ2) is 5.38. The predicted octanol–water partition coefficient (Wildman–Crippen LogP) is 2.83. The van der Waals surface area contributed by atoms with Crippen LogP contribution in [0.3, 0.4) is 0 Å². The average Bonchev–Trinajstić information content (AvgIpc) is 2.48. The number of carbonyl (C=O) groups excluding carboxylic acids is 1. The lowest BCUT2D eigenvalue weighted by molar-refractivity contribution is 0.102. The van der Waals surface area contributed by atoms with Gasteiger partial charge in [-0.2, -0.15) is 4.98 Å². The maximum Gasteiger partial charge on any atom is 0.282 e. The molecule has 3 aromatic rings. The Labute approximate surface area is 124 Å². The zero-order valence-corrected chi connectivity index (χ0v) is 11.5. The number of amides is 1. The normalized spacial score (nSPS) is 10.5. The van der Waals surface area contributed by atoms with Gasteiger partial charge in [0.2, 0.25) is 5.95 Å². The van der Waals surface area contributed by atoms with E-state index < -0.39 is 5.56 Å². The fraction of sp³-hybridized carbons (Fsp3) is 0. The summed E-state index contributed by atoms with van der Waals surface area (Å²) in [5, 5.41) is 3.58. The van der Waals surface area contributed by atoms with Gasteiger partial charge in [-0.05, 0) is 36.4 Å². The Balaban J connectivity index is 1.93. The number of nitrogens with zero attached hydrogens (tertiary/aromatic N) is 1. The zero-order chi connectivity index (χ0) is 14.8. The molecular weight excluding hydrogens is 290 g/mol. The number of aromatic amines is 1. The number of aromatic nitrogens is 2. The van der Waals surface area contributed by atoms with Crippen LogP contribution in [0.2, 0.25) is 5.02 Å². The van der Waals surface area contributed by atoms with E-state index in [0.29, 0.717) is 21.5 Å². The van der Waals surface area contributed by atoms with Crippen molar-refractivity contribution >= 4 is 34.4 Å². The van der Waals surface area contributed by atoms with Crippen LogP contribution in [0, 0.1) is 0 Å². The number of benzene rings is 2. The van der Waals surface area contributed by atoms with Crippen LogP contribution < -0.4 is 10.9 Å². The number of nitrogens with one attached hydrogen (secondary N) is 2. The standard InChI is InChI=1S/C15H10ClN3O2/c16-10-7-5-9(6-8-10)13(20)18-15-17-12-4-2-1-3-11(12)14(21)19-15/h1-8H,(H2,17,18,19,20,21). The lowest BCUT2D eigenvalue weighted by Crippen LogP contribution is -2.18. The quantitative estimate of drug-likeness (QED) is 0.764. The van der Waals surface area contributed by atoms with Gasteiger partial charge in [0, 0.05) is 10.6 Å². The topological polar surface area (TPSA) is 74.8 Å². The first-order chi connectivity index (χ1) is 10.1. The van der Waals surface area contributed by atoms with Gasteiger partial charge in [-0.3, -0.25) is 14.9 Å². The monoisotopic (exact) mass is 299 g/mol. The van der Waals surface area contributed by atoms with Crippen molar-refractivity contribution in [1.82, 2.24) is 9.97 Å². The maximum absolute atomic E-state index is 12.1. The highest BCUT2D eigenvalue weighted by Gasteiger charge is 2.09. The molecule has 0 fully saturated rings. The van der Waals surface area contributed by atoms with E-state index in [0.717, 1.165) is 0 Å². The third kappa shape index (κ3) is 2.78. The van der Waals surface area contributed by atoms with Gasteiger partial charge >= 0.3 is 0 Å². The number of rotatable bonds is 2. The smallest absolute Gasteiger partial charge is 0.282 e. The number of fused-ring (bicyclic) bond motifs is 1. The first-order valence-corrected chi connectivity index (χ1v) is 6.57. The van der Waals surface area contributed by atoms with Gasteiger partial charge in [0.1, 0.15) is 0 Å². The van der Waals surface area contributed by atoms with Crippen LogP contribution in [0.15, 0.2) is 53.3 Å². The molecular formula is C15H10ClN3O2. The van der Waals surface area contributed by atoms with E-state index in [9.17, 15) is 9.59 Å². The van der Waals surface area contributed by atoms with Gasteiger partial charge < -0.3 is 4.98 Å². The minimum atomic E-state index is -0.393. The molecule has 3 rings (SSSR count). The zero-order valence-electron chi connectivity index (χ0n) is 10.8. The van der Waals surface area contributed by atoms with E-state index in [1.807, 2.05) is 0 Å². The number of anilines is 1. The largest absolute Gasteiger partial charge is 0.325 e. The number of para-hydroxylation sites is 1. The molecule has 0 atom stereocenters. The molecule has 6 heteroatoms. The van der Waals surface area contributed by atoms with Crippen LogP contribution in [-0.4, -0.2) is 15.9 Å². The molecule has 21 heavy (non-hydrogen) atoms. The Hall–Kier alpha value is -2.66. The van der Waals surface area contributed by atoms with Crippen LogP contribution in [0.5, 0.6) is 0 Å². The van der Waals surface area contributed by atoms with Crippen LogP contribution in [0.25, 0.3) is 10.9 Å². The first kappa shape index (κ1) is 13.3. The minimum absolute atomic E-state index is 0.110. The fourth-order valence-corrected chi connectivity index (χ4v) is 2.06. The Morgan fingerprint density at radius 1 is 1.10 bits per heavy atom. The SMILES string of the molecule is O=C(Nc1nc(=O)c2ccccc2[nH]1)c1ccc(Cl)cc1.